The van der Waals surface area contributed by atoms with Gasteiger partial charge in [0, 0.05) is 5.56 Å². The first kappa shape index (κ1) is 12.6. The van der Waals surface area contributed by atoms with E-state index in [1.54, 1.807) is 12.1 Å². The van der Waals surface area contributed by atoms with E-state index in [4.69, 9.17) is 10.5 Å². The minimum absolute atomic E-state index is 0.357. The number of nitrogen functional groups attached to an aromatic ring is 1. The van der Waals surface area contributed by atoms with E-state index in [0.717, 1.165) is 16.3 Å². The predicted molar refractivity (Wildman–Crippen MR) is 74.7 cm³/mol. The SMILES string of the molecule is Nc1c(C=O)ccc(Br)c1OCc1ccccc1. The van der Waals surface area contributed by atoms with Gasteiger partial charge in [0.2, 0.25) is 0 Å². The van der Waals surface area contributed by atoms with Crippen molar-refractivity contribution < 1.29 is 9.53 Å². The van der Waals surface area contributed by atoms with E-state index in [1.165, 1.54) is 0 Å². The second kappa shape index (κ2) is 5.69. The molecule has 0 saturated heterocycles. The Balaban J connectivity index is 2.21. The van der Waals surface area contributed by atoms with E-state index < -0.39 is 0 Å². The number of aldehydes is 1. The van der Waals surface area contributed by atoms with Gasteiger partial charge in [-0.05, 0) is 33.6 Å². The normalized spacial score (nSPS) is 10.1. The van der Waals surface area contributed by atoms with Crippen LogP contribution in [0, 0.1) is 0 Å². The summed E-state index contributed by atoms with van der Waals surface area (Å²) in [6.45, 7) is 0.409. The molecular formula is C14H12BrNO2. The molecule has 0 aromatic heterocycles. The molecule has 0 spiro atoms. The van der Waals surface area contributed by atoms with E-state index in [2.05, 4.69) is 15.9 Å². The fourth-order valence-electron chi connectivity index (χ4n) is 1.57. The summed E-state index contributed by atoms with van der Waals surface area (Å²) in [5.41, 5.74) is 7.70. The van der Waals surface area contributed by atoms with Crippen molar-refractivity contribution in [2.45, 2.75) is 6.61 Å². The third-order valence-electron chi connectivity index (χ3n) is 2.53. The van der Waals surface area contributed by atoms with E-state index in [-0.39, 0.29) is 0 Å². The van der Waals surface area contributed by atoms with E-state index >= 15 is 0 Å². The summed E-state index contributed by atoms with van der Waals surface area (Å²) in [7, 11) is 0. The molecule has 0 radical (unpaired) electrons. The van der Waals surface area contributed by atoms with Gasteiger partial charge in [0.25, 0.3) is 0 Å². The molecule has 2 N–H and O–H groups in total. The van der Waals surface area contributed by atoms with E-state index in [1.807, 2.05) is 30.3 Å². The number of ether oxygens (including phenoxy) is 1. The van der Waals surface area contributed by atoms with Gasteiger partial charge >= 0.3 is 0 Å². The Morgan fingerprint density at radius 1 is 1.17 bits per heavy atom. The van der Waals surface area contributed by atoms with Gasteiger partial charge in [0.1, 0.15) is 6.61 Å². The van der Waals surface area contributed by atoms with Crippen LogP contribution >= 0.6 is 15.9 Å². The first-order valence-corrected chi connectivity index (χ1v) is 6.21. The molecule has 0 aliphatic carbocycles. The highest BCUT2D eigenvalue weighted by atomic mass is 79.9. The van der Waals surface area contributed by atoms with Crippen molar-refractivity contribution >= 4 is 27.9 Å². The third-order valence-corrected chi connectivity index (χ3v) is 3.16. The Hall–Kier alpha value is -1.81. The lowest BCUT2D eigenvalue weighted by Gasteiger charge is -2.12. The molecule has 0 unspecified atom stereocenters. The molecule has 18 heavy (non-hydrogen) atoms. The molecule has 2 aromatic carbocycles. The summed E-state index contributed by atoms with van der Waals surface area (Å²) >= 11 is 3.36. The summed E-state index contributed by atoms with van der Waals surface area (Å²) in [4.78, 5) is 10.8. The maximum atomic E-state index is 10.8. The van der Waals surface area contributed by atoms with Crippen LogP contribution in [0.5, 0.6) is 5.75 Å². The Morgan fingerprint density at radius 2 is 1.89 bits per heavy atom. The highest BCUT2D eigenvalue weighted by Crippen LogP contribution is 2.33. The molecule has 0 saturated carbocycles. The summed E-state index contributed by atoms with van der Waals surface area (Å²) in [6.07, 6.45) is 0.719. The van der Waals surface area contributed by atoms with E-state index in [0.29, 0.717) is 23.6 Å². The third kappa shape index (κ3) is 2.71. The van der Waals surface area contributed by atoms with Gasteiger partial charge in [-0.3, -0.25) is 4.79 Å². The van der Waals surface area contributed by atoms with Crippen molar-refractivity contribution in [2.24, 2.45) is 0 Å². The van der Waals surface area contributed by atoms with Gasteiger partial charge in [-0.1, -0.05) is 30.3 Å². The van der Waals surface area contributed by atoms with Crippen molar-refractivity contribution in [1.29, 1.82) is 0 Å². The van der Waals surface area contributed by atoms with Crippen LogP contribution in [0.15, 0.2) is 46.9 Å². The van der Waals surface area contributed by atoms with Crippen molar-refractivity contribution in [3.8, 4) is 5.75 Å². The monoisotopic (exact) mass is 305 g/mol. The molecule has 0 amide bonds. The van der Waals surface area contributed by atoms with Crippen LogP contribution in [0.3, 0.4) is 0 Å². The quantitative estimate of drug-likeness (QED) is 0.695. The largest absolute Gasteiger partial charge is 0.486 e. The fraction of sp³-hybridized carbons (Fsp3) is 0.0714. The van der Waals surface area contributed by atoms with Crippen LogP contribution in [0.1, 0.15) is 15.9 Å². The average Bonchev–Trinajstić information content (AvgIpc) is 2.40. The zero-order valence-corrected chi connectivity index (χ0v) is 11.2. The summed E-state index contributed by atoms with van der Waals surface area (Å²) in [5.74, 6) is 0.503. The lowest BCUT2D eigenvalue weighted by atomic mass is 10.2. The number of hydrogen-bond donors (Lipinski definition) is 1. The van der Waals surface area contributed by atoms with E-state index in [9.17, 15) is 4.79 Å². The Kier molecular flexibility index (Phi) is 3.99. The highest BCUT2D eigenvalue weighted by Gasteiger charge is 2.10. The van der Waals surface area contributed by atoms with Crippen LogP contribution in [0.25, 0.3) is 0 Å². The van der Waals surface area contributed by atoms with Crippen molar-refractivity contribution in [2.75, 3.05) is 5.73 Å². The molecule has 2 aromatic rings. The van der Waals surface area contributed by atoms with Crippen molar-refractivity contribution in [3.05, 3.63) is 58.1 Å². The molecule has 0 fully saturated rings. The zero-order chi connectivity index (χ0) is 13.0. The highest BCUT2D eigenvalue weighted by molar-refractivity contribution is 9.10. The number of rotatable bonds is 4. The van der Waals surface area contributed by atoms with Crippen molar-refractivity contribution in [1.82, 2.24) is 0 Å². The smallest absolute Gasteiger partial charge is 0.157 e. The number of carbonyl (C=O) groups excluding carboxylic acids is 1. The number of nitrogens with two attached hydrogens (primary N) is 1. The minimum Gasteiger partial charge on any atom is -0.486 e. The Labute approximate surface area is 114 Å². The lowest BCUT2D eigenvalue weighted by molar-refractivity contribution is 0.112. The van der Waals surface area contributed by atoms with Gasteiger partial charge < -0.3 is 10.5 Å². The molecule has 0 aliphatic rings. The zero-order valence-electron chi connectivity index (χ0n) is 9.60. The van der Waals surface area contributed by atoms with Crippen LogP contribution in [0.2, 0.25) is 0 Å². The number of hydrogen-bond acceptors (Lipinski definition) is 3. The van der Waals surface area contributed by atoms with Gasteiger partial charge in [0.05, 0.1) is 10.2 Å². The van der Waals surface area contributed by atoms with Gasteiger partial charge in [0.15, 0.2) is 12.0 Å². The number of anilines is 1. The second-order valence-electron chi connectivity index (χ2n) is 3.77. The molecule has 3 nitrogen and oxygen atoms in total. The number of benzene rings is 2. The predicted octanol–water partition coefficient (Wildman–Crippen LogP) is 3.42. The average molecular weight is 306 g/mol. The van der Waals surface area contributed by atoms with Gasteiger partial charge in [-0.25, -0.2) is 0 Å². The lowest BCUT2D eigenvalue weighted by Crippen LogP contribution is -2.02. The van der Waals surface area contributed by atoms with Crippen molar-refractivity contribution in [3.63, 3.8) is 0 Å². The molecule has 0 atom stereocenters. The maximum absolute atomic E-state index is 10.8. The maximum Gasteiger partial charge on any atom is 0.157 e. The van der Waals surface area contributed by atoms with Gasteiger partial charge in [-0.15, -0.1) is 0 Å². The topological polar surface area (TPSA) is 52.3 Å². The molecular weight excluding hydrogens is 294 g/mol. The van der Waals surface area contributed by atoms with Crippen LogP contribution < -0.4 is 10.5 Å². The molecule has 4 heteroatoms. The standard InChI is InChI=1S/C14H12BrNO2/c15-12-7-6-11(8-17)13(16)14(12)18-9-10-4-2-1-3-5-10/h1-8H,9,16H2. The van der Waals surface area contributed by atoms with Crippen LogP contribution in [0.4, 0.5) is 5.69 Å². The summed E-state index contributed by atoms with van der Waals surface area (Å²) in [5, 5.41) is 0. The summed E-state index contributed by atoms with van der Waals surface area (Å²) in [6, 6.07) is 13.2. The van der Waals surface area contributed by atoms with Gasteiger partial charge in [-0.2, -0.15) is 0 Å². The van der Waals surface area contributed by atoms with Crippen LogP contribution in [-0.4, -0.2) is 6.29 Å². The Bertz CT molecular complexity index is 555. The second-order valence-corrected chi connectivity index (χ2v) is 4.63. The summed E-state index contributed by atoms with van der Waals surface area (Å²) < 4.78 is 6.40. The molecule has 0 aliphatic heterocycles. The first-order valence-electron chi connectivity index (χ1n) is 5.42. The number of carbonyl (C=O) groups is 1. The number of halogens is 1. The molecule has 92 valence electrons. The molecule has 0 bridgehead atoms. The Morgan fingerprint density at radius 3 is 2.56 bits per heavy atom. The molecule has 2 rings (SSSR count). The first-order chi connectivity index (χ1) is 8.72. The molecule has 0 heterocycles. The minimum atomic E-state index is 0.357. The van der Waals surface area contributed by atoms with Crippen LogP contribution in [-0.2, 0) is 6.61 Å². The fourth-order valence-corrected chi connectivity index (χ4v) is 2.03.